The molecule has 1 aliphatic rings. The molecule has 0 aliphatic carbocycles. The van der Waals surface area contributed by atoms with Gasteiger partial charge in [0.15, 0.2) is 0 Å². The summed E-state index contributed by atoms with van der Waals surface area (Å²) < 4.78 is 9.75. The van der Waals surface area contributed by atoms with Gasteiger partial charge in [0.1, 0.15) is 0 Å². The number of esters is 1. The third-order valence-corrected chi connectivity index (χ3v) is 2.75. The maximum Gasteiger partial charge on any atom is 0.306 e. The number of hydrogen-bond donors (Lipinski definition) is 1. The van der Waals surface area contributed by atoms with Crippen LogP contribution in [-0.2, 0) is 19.1 Å². The summed E-state index contributed by atoms with van der Waals surface area (Å²) in [6.45, 7) is 0.972. The molecular formula is C10H16O5. The Hall–Kier alpha value is -1.10. The maximum absolute atomic E-state index is 11.1. The van der Waals surface area contributed by atoms with E-state index >= 15 is 0 Å². The summed E-state index contributed by atoms with van der Waals surface area (Å²) in [5.74, 6) is -1.87. The summed E-state index contributed by atoms with van der Waals surface area (Å²) in [7, 11) is 1.31. The van der Waals surface area contributed by atoms with E-state index in [9.17, 15) is 9.59 Å². The van der Waals surface area contributed by atoms with Crippen molar-refractivity contribution in [1.82, 2.24) is 0 Å². The summed E-state index contributed by atoms with van der Waals surface area (Å²) in [6, 6.07) is 0. The van der Waals surface area contributed by atoms with Crippen molar-refractivity contribution in [3.05, 3.63) is 0 Å². The molecule has 2 atom stereocenters. The second-order valence-corrected chi connectivity index (χ2v) is 3.67. The lowest BCUT2D eigenvalue weighted by Crippen LogP contribution is -2.26. The highest BCUT2D eigenvalue weighted by Gasteiger charge is 2.31. The molecule has 0 unspecified atom stereocenters. The van der Waals surface area contributed by atoms with Crippen LogP contribution in [0.1, 0.15) is 19.3 Å². The Morgan fingerprint density at radius 2 is 2.07 bits per heavy atom. The Labute approximate surface area is 88.4 Å². The molecule has 1 heterocycles. The van der Waals surface area contributed by atoms with Crippen molar-refractivity contribution in [2.24, 2.45) is 11.8 Å². The number of carboxylic acids is 1. The van der Waals surface area contributed by atoms with Crippen LogP contribution >= 0.6 is 0 Å². The lowest BCUT2D eigenvalue weighted by Gasteiger charge is -2.19. The Bertz CT molecular complexity index is 238. The van der Waals surface area contributed by atoms with E-state index in [-0.39, 0.29) is 18.3 Å². The Morgan fingerprint density at radius 3 is 2.67 bits per heavy atom. The van der Waals surface area contributed by atoms with Gasteiger partial charge < -0.3 is 14.6 Å². The minimum atomic E-state index is -0.852. The molecule has 0 aromatic rings. The summed E-state index contributed by atoms with van der Waals surface area (Å²) in [4.78, 5) is 22.1. The van der Waals surface area contributed by atoms with Crippen molar-refractivity contribution in [1.29, 1.82) is 0 Å². The first-order valence-corrected chi connectivity index (χ1v) is 5.02. The lowest BCUT2D eigenvalue weighted by atomic mass is 9.85. The van der Waals surface area contributed by atoms with Gasteiger partial charge in [0.25, 0.3) is 0 Å². The van der Waals surface area contributed by atoms with Gasteiger partial charge in [-0.25, -0.2) is 0 Å². The highest BCUT2D eigenvalue weighted by atomic mass is 16.5. The zero-order valence-corrected chi connectivity index (χ0v) is 8.77. The van der Waals surface area contributed by atoms with Gasteiger partial charge in [0, 0.05) is 19.6 Å². The van der Waals surface area contributed by atoms with Crippen LogP contribution in [0.25, 0.3) is 0 Å². The number of aliphatic carboxylic acids is 1. The molecule has 1 rings (SSSR count). The highest BCUT2D eigenvalue weighted by Crippen LogP contribution is 2.26. The zero-order chi connectivity index (χ0) is 11.3. The second kappa shape index (κ2) is 5.70. The molecule has 1 fully saturated rings. The lowest BCUT2D eigenvalue weighted by molar-refractivity contribution is -0.146. The average Bonchev–Trinajstić information content (AvgIpc) is 2.43. The number of carbonyl (C=O) groups is 2. The number of hydrogen-bond acceptors (Lipinski definition) is 4. The molecule has 0 radical (unpaired) electrons. The van der Waals surface area contributed by atoms with Crippen LogP contribution in [0.15, 0.2) is 0 Å². The van der Waals surface area contributed by atoms with Crippen molar-refractivity contribution >= 4 is 11.9 Å². The maximum atomic E-state index is 11.1. The van der Waals surface area contributed by atoms with E-state index in [4.69, 9.17) is 9.84 Å². The molecule has 5 heteroatoms. The smallest absolute Gasteiger partial charge is 0.306 e. The van der Waals surface area contributed by atoms with Crippen molar-refractivity contribution in [3.63, 3.8) is 0 Å². The third-order valence-electron chi connectivity index (χ3n) is 2.75. The van der Waals surface area contributed by atoms with E-state index in [1.165, 1.54) is 7.11 Å². The summed E-state index contributed by atoms with van der Waals surface area (Å²) in [5, 5.41) is 9.01. The summed E-state index contributed by atoms with van der Waals surface area (Å²) in [6.07, 6.45) is 1.24. The molecule has 0 saturated carbocycles. The van der Waals surface area contributed by atoms with Crippen LogP contribution in [0.3, 0.4) is 0 Å². The van der Waals surface area contributed by atoms with Crippen LogP contribution in [0.2, 0.25) is 0 Å². The molecule has 0 aromatic carbocycles. The van der Waals surface area contributed by atoms with Gasteiger partial charge in [0.05, 0.1) is 13.0 Å². The first-order valence-electron chi connectivity index (χ1n) is 5.02. The van der Waals surface area contributed by atoms with E-state index in [0.29, 0.717) is 26.1 Å². The van der Waals surface area contributed by atoms with Gasteiger partial charge in [-0.3, -0.25) is 9.59 Å². The SMILES string of the molecule is COC(=O)C[C@H]1CCOCC[C@H]1C(=O)O. The van der Waals surface area contributed by atoms with Gasteiger partial charge in [-0.2, -0.15) is 0 Å². The van der Waals surface area contributed by atoms with Crippen LogP contribution in [0, 0.1) is 11.8 Å². The fourth-order valence-corrected chi connectivity index (χ4v) is 1.85. The van der Waals surface area contributed by atoms with Crippen LogP contribution < -0.4 is 0 Å². The Balaban J connectivity index is 2.61. The number of carbonyl (C=O) groups excluding carboxylic acids is 1. The number of methoxy groups -OCH3 is 1. The van der Waals surface area contributed by atoms with E-state index < -0.39 is 11.9 Å². The quantitative estimate of drug-likeness (QED) is 0.702. The van der Waals surface area contributed by atoms with E-state index in [0.717, 1.165) is 0 Å². The van der Waals surface area contributed by atoms with E-state index in [1.807, 2.05) is 0 Å². The van der Waals surface area contributed by atoms with Crippen molar-refractivity contribution in [2.75, 3.05) is 20.3 Å². The van der Waals surface area contributed by atoms with Crippen LogP contribution in [-0.4, -0.2) is 37.4 Å². The number of carboxylic acid groups (broad SMARTS) is 1. The second-order valence-electron chi connectivity index (χ2n) is 3.67. The molecule has 5 nitrogen and oxygen atoms in total. The van der Waals surface area contributed by atoms with Gasteiger partial charge in [-0.05, 0) is 18.8 Å². The monoisotopic (exact) mass is 216 g/mol. The predicted molar refractivity (Wildman–Crippen MR) is 51.3 cm³/mol. The summed E-state index contributed by atoms with van der Waals surface area (Å²) in [5.41, 5.74) is 0. The Kier molecular flexibility index (Phi) is 4.55. The minimum Gasteiger partial charge on any atom is -0.481 e. The van der Waals surface area contributed by atoms with Crippen LogP contribution in [0.4, 0.5) is 0 Å². The molecule has 0 spiro atoms. The molecular weight excluding hydrogens is 200 g/mol. The van der Waals surface area contributed by atoms with Gasteiger partial charge in [0.2, 0.25) is 0 Å². The zero-order valence-electron chi connectivity index (χ0n) is 8.77. The Morgan fingerprint density at radius 1 is 1.40 bits per heavy atom. The largest absolute Gasteiger partial charge is 0.481 e. The van der Waals surface area contributed by atoms with Gasteiger partial charge in [-0.15, -0.1) is 0 Å². The minimum absolute atomic E-state index is 0.164. The molecule has 1 aliphatic heterocycles. The number of rotatable bonds is 3. The third kappa shape index (κ3) is 3.51. The van der Waals surface area contributed by atoms with Crippen LogP contribution in [0.5, 0.6) is 0 Å². The van der Waals surface area contributed by atoms with Gasteiger partial charge in [-0.1, -0.05) is 0 Å². The molecule has 15 heavy (non-hydrogen) atoms. The van der Waals surface area contributed by atoms with E-state index in [2.05, 4.69) is 4.74 Å². The van der Waals surface area contributed by atoms with Crippen molar-refractivity contribution in [2.45, 2.75) is 19.3 Å². The predicted octanol–water partition coefficient (Wildman–Crippen LogP) is 0.677. The fraction of sp³-hybridized carbons (Fsp3) is 0.800. The van der Waals surface area contributed by atoms with E-state index in [1.54, 1.807) is 0 Å². The molecule has 86 valence electrons. The first-order chi connectivity index (χ1) is 7.15. The highest BCUT2D eigenvalue weighted by molar-refractivity contribution is 5.73. The molecule has 0 amide bonds. The normalized spacial score (nSPS) is 26.7. The standard InChI is InChI=1S/C10H16O5/c1-14-9(11)6-7-2-4-15-5-3-8(7)10(12)13/h7-8H,2-6H2,1H3,(H,12,13)/t7-,8-/m1/s1. The molecule has 1 N–H and O–H groups in total. The topological polar surface area (TPSA) is 72.8 Å². The average molecular weight is 216 g/mol. The van der Waals surface area contributed by atoms with Crippen molar-refractivity contribution < 1.29 is 24.2 Å². The summed E-state index contributed by atoms with van der Waals surface area (Å²) >= 11 is 0. The van der Waals surface area contributed by atoms with Gasteiger partial charge >= 0.3 is 11.9 Å². The van der Waals surface area contributed by atoms with Crippen molar-refractivity contribution in [3.8, 4) is 0 Å². The molecule has 0 bridgehead atoms. The first kappa shape index (κ1) is 12.0. The molecule has 0 aromatic heterocycles. The fourth-order valence-electron chi connectivity index (χ4n) is 1.85. The molecule has 1 saturated heterocycles. The number of ether oxygens (including phenoxy) is 2.